The lowest BCUT2D eigenvalue weighted by atomic mass is 9.86. The van der Waals surface area contributed by atoms with Crippen LogP contribution < -0.4 is 0 Å². The average Bonchev–Trinajstić information content (AvgIpc) is 1.60. The fourth-order valence-corrected chi connectivity index (χ4v) is 15.2. The van der Waals surface area contributed by atoms with Crippen LogP contribution in [0.15, 0.2) is 328 Å². The lowest BCUT2D eigenvalue weighted by Gasteiger charge is -2.19. The van der Waals surface area contributed by atoms with Gasteiger partial charge in [0.05, 0.1) is 44.5 Å². The van der Waals surface area contributed by atoms with Crippen molar-refractivity contribution in [2.24, 2.45) is 0 Å². The third-order valence-electron chi connectivity index (χ3n) is 20.5. The molecule has 0 aliphatic heterocycles. The largest absolute Gasteiger partial charge is 0.309 e. The van der Waals surface area contributed by atoms with Crippen molar-refractivity contribution in [3.63, 3.8) is 0 Å². The minimum absolute atomic E-state index is 0.0198. The molecule has 0 aliphatic carbocycles. The molecule has 0 amide bonds. The molecular weight excluding hydrogens is 1230 g/mol. The molecule has 0 N–H and O–H groups in total. The Balaban J connectivity index is 0.900. The van der Waals surface area contributed by atoms with Crippen LogP contribution in [0.5, 0.6) is 0 Å². The highest BCUT2D eigenvalue weighted by Crippen LogP contribution is 2.45. The van der Waals surface area contributed by atoms with Gasteiger partial charge in [0, 0.05) is 43.4 Å². The van der Waals surface area contributed by atoms with Crippen LogP contribution in [0.2, 0.25) is 0 Å². The molecule has 0 aliphatic rings. The number of nitrogens with zero attached hydrogens (tertiary/aromatic N) is 6. The second-order valence-corrected chi connectivity index (χ2v) is 28.8. The molecule has 101 heavy (non-hydrogen) atoms. The number of hydrogen-bond donors (Lipinski definition) is 0. The van der Waals surface area contributed by atoms with Gasteiger partial charge < -0.3 is 9.13 Å². The Morgan fingerprint density at radius 3 is 0.703 bits per heavy atom. The first-order chi connectivity index (χ1) is 49.3. The van der Waals surface area contributed by atoms with E-state index in [4.69, 9.17) is 15.0 Å². The van der Waals surface area contributed by atoms with Gasteiger partial charge in [0.25, 0.3) is 0 Å². The van der Waals surface area contributed by atoms with Crippen LogP contribution in [0.4, 0.5) is 0 Å². The maximum absolute atomic E-state index is 5.83. The van der Waals surface area contributed by atoms with E-state index in [1.807, 2.05) is 0 Å². The van der Waals surface area contributed by atoms with Crippen LogP contribution in [-0.2, 0) is 10.8 Å². The fourth-order valence-electron chi connectivity index (χ4n) is 15.2. The zero-order valence-corrected chi connectivity index (χ0v) is 57.4. The van der Waals surface area contributed by atoms with E-state index in [1.165, 1.54) is 11.1 Å². The number of rotatable bonds is 11. The molecule has 4 aromatic heterocycles. The van der Waals surface area contributed by atoms with Crippen molar-refractivity contribution < 1.29 is 0 Å². The number of fused-ring (bicyclic) bond motifs is 9. The third kappa shape index (κ3) is 10.8. The Hall–Kier alpha value is -12.5. The summed E-state index contributed by atoms with van der Waals surface area (Å²) in [4.78, 5) is 17.5. The molecule has 18 rings (SSSR count). The van der Waals surface area contributed by atoms with Gasteiger partial charge in [-0.05, 0) is 186 Å². The molecule has 14 aromatic carbocycles. The molecule has 4 heterocycles. The van der Waals surface area contributed by atoms with Crippen molar-refractivity contribution >= 4 is 65.4 Å². The smallest absolute Gasteiger partial charge is 0.238 e. The zero-order valence-electron chi connectivity index (χ0n) is 57.4. The minimum Gasteiger partial charge on any atom is -0.309 e. The van der Waals surface area contributed by atoms with Crippen molar-refractivity contribution in [2.75, 3.05) is 0 Å². The predicted molar refractivity (Wildman–Crippen MR) is 424 cm³/mol. The van der Waals surface area contributed by atoms with Gasteiger partial charge in [0.1, 0.15) is 0 Å². The lowest BCUT2D eigenvalue weighted by Crippen LogP contribution is -2.10. The molecule has 18 aromatic rings. The molecule has 482 valence electrons. The van der Waals surface area contributed by atoms with Crippen LogP contribution in [0, 0.1) is 0 Å². The van der Waals surface area contributed by atoms with E-state index < -0.39 is 0 Å². The van der Waals surface area contributed by atoms with Crippen LogP contribution in [0.1, 0.15) is 52.7 Å². The van der Waals surface area contributed by atoms with E-state index in [0.29, 0.717) is 17.6 Å². The summed E-state index contributed by atoms with van der Waals surface area (Å²) >= 11 is 0. The van der Waals surface area contributed by atoms with Gasteiger partial charge in [0.15, 0.2) is 11.6 Å². The third-order valence-corrected chi connectivity index (χ3v) is 20.5. The van der Waals surface area contributed by atoms with Crippen LogP contribution in [-0.4, -0.2) is 28.7 Å². The summed E-state index contributed by atoms with van der Waals surface area (Å²) in [6, 6.07) is 120. The van der Waals surface area contributed by atoms with Crippen molar-refractivity contribution in [1.29, 1.82) is 0 Å². The summed E-state index contributed by atoms with van der Waals surface area (Å²) in [5.74, 6) is 1.58. The summed E-state index contributed by atoms with van der Waals surface area (Å²) in [5.41, 5.74) is 26.3. The quantitative estimate of drug-likeness (QED) is 0.130. The van der Waals surface area contributed by atoms with Gasteiger partial charge in [-0.2, -0.15) is 9.97 Å². The molecule has 0 spiro atoms. The highest BCUT2D eigenvalue weighted by Gasteiger charge is 2.26. The molecule has 0 atom stereocenters. The van der Waals surface area contributed by atoms with Crippen molar-refractivity contribution in [1.82, 2.24) is 28.7 Å². The molecule has 0 saturated heterocycles. The molecule has 0 fully saturated rings. The Morgan fingerprint density at radius 1 is 0.208 bits per heavy atom. The second-order valence-electron chi connectivity index (χ2n) is 28.8. The first-order valence-corrected chi connectivity index (χ1v) is 35.0. The van der Waals surface area contributed by atoms with Crippen molar-refractivity contribution in [2.45, 2.75) is 52.4 Å². The SMILES string of the molecule is CC(C)(C)c1ccc(-c2ccc3c(c2)c2cc(-c4ccc(C(C)(C)C)cc4)ccc2n3-c2nc(-c3ccccc3-n3c4ccc(-c5ccccc5)cc4c4cc(-c5ccccc5)ccc43)nc(-c3ccccc3-n3c4ccc(-c5ccccc5)cc4c4cc(-c5ccccc5)ccc43)n2)cc1. The second kappa shape index (κ2) is 24.2. The van der Waals surface area contributed by atoms with E-state index in [0.717, 1.165) is 155 Å². The van der Waals surface area contributed by atoms with Crippen LogP contribution >= 0.6 is 0 Å². The summed E-state index contributed by atoms with van der Waals surface area (Å²) in [5, 5.41) is 6.79. The number of hydrogen-bond acceptors (Lipinski definition) is 3. The summed E-state index contributed by atoms with van der Waals surface area (Å²) in [7, 11) is 0. The highest BCUT2D eigenvalue weighted by molar-refractivity contribution is 6.15. The first kappa shape index (κ1) is 60.9. The van der Waals surface area contributed by atoms with Crippen LogP contribution in [0.3, 0.4) is 0 Å². The maximum Gasteiger partial charge on any atom is 0.238 e. The minimum atomic E-state index is 0.0198. The molecule has 0 bridgehead atoms. The monoisotopic (exact) mass is 1300 g/mol. The Morgan fingerprint density at radius 2 is 0.436 bits per heavy atom. The molecule has 6 nitrogen and oxygen atoms in total. The Labute approximate surface area is 588 Å². The maximum atomic E-state index is 5.83. The topological polar surface area (TPSA) is 53.5 Å². The van der Waals surface area contributed by atoms with Gasteiger partial charge in [0.2, 0.25) is 5.95 Å². The Kier molecular flexibility index (Phi) is 14.6. The molecule has 0 radical (unpaired) electrons. The van der Waals surface area contributed by atoms with Gasteiger partial charge in [-0.3, -0.25) is 4.57 Å². The number of aromatic nitrogens is 6. The van der Waals surface area contributed by atoms with Crippen molar-refractivity contribution in [3.05, 3.63) is 339 Å². The van der Waals surface area contributed by atoms with E-state index in [-0.39, 0.29) is 10.8 Å². The lowest BCUT2D eigenvalue weighted by molar-refractivity contribution is 0.590. The van der Waals surface area contributed by atoms with E-state index in [1.54, 1.807) is 0 Å². The van der Waals surface area contributed by atoms with Gasteiger partial charge in [-0.1, -0.05) is 272 Å². The fraction of sp³-hybridized carbons (Fsp3) is 0.0842. The average molecular weight is 1300 g/mol. The molecule has 6 heteroatoms. The number of benzene rings is 14. The van der Waals surface area contributed by atoms with E-state index in [9.17, 15) is 0 Å². The van der Waals surface area contributed by atoms with Gasteiger partial charge >= 0.3 is 0 Å². The number of para-hydroxylation sites is 2. The normalized spacial score (nSPS) is 12.1. The first-order valence-electron chi connectivity index (χ1n) is 35.0. The Bertz CT molecular complexity index is 5650. The van der Waals surface area contributed by atoms with Gasteiger partial charge in [-0.25, -0.2) is 4.98 Å². The van der Waals surface area contributed by atoms with Crippen LogP contribution in [0.25, 0.3) is 172 Å². The summed E-state index contributed by atoms with van der Waals surface area (Å²) < 4.78 is 7.10. The highest BCUT2D eigenvalue weighted by atomic mass is 15.2. The molecular formula is C95H72N6. The van der Waals surface area contributed by atoms with Gasteiger partial charge in [-0.15, -0.1) is 0 Å². The van der Waals surface area contributed by atoms with E-state index in [2.05, 4.69) is 383 Å². The summed E-state index contributed by atoms with van der Waals surface area (Å²) in [6.45, 7) is 13.6. The zero-order chi connectivity index (χ0) is 68.1. The summed E-state index contributed by atoms with van der Waals surface area (Å²) in [6.07, 6.45) is 0. The standard InChI is InChI=1S/C95H72N6/c1-94(2,3)73-45-35-65(36-46-73)71-43-53-89-81(59-71)82-60-72(66-37-47-74(48-38-66)95(4,5)6)44-54-90(82)101(89)93-97-91(75-31-19-21-33-83(75)99-85-49-39-67(61-23-11-7-12-24-61)55-77(85)78-56-68(40-50-86(78)99)62-25-13-8-14-26-62)96-92(98-93)76-32-20-22-34-84(76)100-87-51-41-69(63-27-15-9-16-28-63)57-79(87)80-58-70(42-52-88(80)100)64-29-17-10-18-30-64/h7-60H,1-6H3. The predicted octanol–water partition coefficient (Wildman–Crippen LogP) is 25.1. The van der Waals surface area contributed by atoms with E-state index >= 15 is 0 Å². The molecule has 0 saturated carbocycles. The molecule has 0 unspecified atom stereocenters. The van der Waals surface area contributed by atoms with Crippen molar-refractivity contribution in [3.8, 4) is 107 Å².